The lowest BCUT2D eigenvalue weighted by Gasteiger charge is -2.06. The maximum Gasteiger partial charge on any atom is 0.260 e. The molecule has 0 saturated carbocycles. The van der Waals surface area contributed by atoms with E-state index in [1.807, 2.05) is 11.4 Å². The van der Waals surface area contributed by atoms with Gasteiger partial charge in [-0.15, -0.1) is 11.3 Å². The normalized spacial score (nSPS) is 12.1. The summed E-state index contributed by atoms with van der Waals surface area (Å²) in [6.07, 6.45) is 1.61. The summed E-state index contributed by atoms with van der Waals surface area (Å²) < 4.78 is 29.8. The molecule has 0 aromatic carbocycles. The van der Waals surface area contributed by atoms with Gasteiger partial charge in [0.2, 0.25) is 0 Å². The number of hydrogen-bond donors (Lipinski definition) is 1. The fourth-order valence-electron chi connectivity index (χ4n) is 1.87. The van der Waals surface area contributed by atoms with Crippen LogP contribution in [0.4, 0.5) is 0 Å². The van der Waals surface area contributed by atoms with E-state index in [0.717, 1.165) is 9.35 Å². The van der Waals surface area contributed by atoms with Crippen molar-refractivity contribution < 1.29 is 8.42 Å². The smallest absolute Gasteiger partial charge is 0.260 e. The molecule has 0 aliphatic carbocycles. The van der Waals surface area contributed by atoms with Gasteiger partial charge >= 0.3 is 0 Å². The average Bonchev–Trinajstić information content (AvgIpc) is 2.99. The number of nitrogens with one attached hydrogen (secondary N) is 1. The predicted molar refractivity (Wildman–Crippen MR) is 86.2 cm³/mol. The Morgan fingerprint density at radius 2 is 2.19 bits per heavy atom. The van der Waals surface area contributed by atoms with Crippen molar-refractivity contribution >= 4 is 54.5 Å². The molecular weight excluding hydrogens is 398 g/mol. The van der Waals surface area contributed by atoms with E-state index in [9.17, 15) is 8.42 Å². The molecule has 0 bridgehead atoms. The van der Waals surface area contributed by atoms with Crippen molar-refractivity contribution in [3.63, 3.8) is 0 Å². The summed E-state index contributed by atoms with van der Waals surface area (Å²) in [5.41, 5.74) is 0.486. The minimum absolute atomic E-state index is 0.0426. The summed E-state index contributed by atoms with van der Waals surface area (Å²) in [6, 6.07) is 7.06. The number of pyridine rings is 1. The fraction of sp³-hybridized carbons (Fsp3) is 0.0833. The molecule has 110 valence electrons. The SMILES string of the molecule is O=S(=O)(NCc1sccc1Br)c1c(Cl)nc2ccccn12. The quantitative estimate of drug-likeness (QED) is 0.723. The van der Waals surface area contributed by atoms with Gasteiger partial charge in [-0.25, -0.2) is 18.1 Å². The molecule has 0 fully saturated rings. The highest BCUT2D eigenvalue weighted by molar-refractivity contribution is 9.10. The van der Waals surface area contributed by atoms with E-state index < -0.39 is 10.0 Å². The maximum absolute atomic E-state index is 12.5. The van der Waals surface area contributed by atoms with Gasteiger partial charge < -0.3 is 0 Å². The zero-order valence-electron chi connectivity index (χ0n) is 10.5. The average molecular weight is 407 g/mol. The van der Waals surface area contributed by atoms with Crippen LogP contribution in [0, 0.1) is 0 Å². The molecule has 9 heteroatoms. The Morgan fingerprint density at radius 1 is 1.38 bits per heavy atom. The third-order valence-electron chi connectivity index (χ3n) is 2.81. The number of fused-ring (bicyclic) bond motifs is 1. The second-order valence-electron chi connectivity index (χ2n) is 4.15. The summed E-state index contributed by atoms with van der Waals surface area (Å²) >= 11 is 10.8. The number of halogens is 2. The minimum atomic E-state index is -3.76. The first-order valence-electron chi connectivity index (χ1n) is 5.83. The first-order chi connectivity index (χ1) is 9.99. The number of rotatable bonds is 4. The highest BCUT2D eigenvalue weighted by Gasteiger charge is 2.24. The van der Waals surface area contributed by atoms with Crippen LogP contribution in [0.5, 0.6) is 0 Å². The Balaban J connectivity index is 1.97. The second-order valence-corrected chi connectivity index (χ2v) is 8.05. The van der Waals surface area contributed by atoms with E-state index in [2.05, 4.69) is 25.6 Å². The van der Waals surface area contributed by atoms with Crippen LogP contribution in [-0.2, 0) is 16.6 Å². The lowest BCUT2D eigenvalue weighted by Crippen LogP contribution is -2.24. The van der Waals surface area contributed by atoms with Crippen molar-refractivity contribution in [1.29, 1.82) is 0 Å². The van der Waals surface area contributed by atoms with Gasteiger partial charge in [-0.3, -0.25) is 4.40 Å². The van der Waals surface area contributed by atoms with Gasteiger partial charge in [-0.05, 0) is 39.5 Å². The molecule has 0 atom stereocenters. The van der Waals surface area contributed by atoms with Gasteiger partial charge in [0.1, 0.15) is 5.65 Å². The molecule has 0 amide bonds. The molecule has 0 saturated heterocycles. The predicted octanol–water partition coefficient (Wildman–Crippen LogP) is 3.29. The van der Waals surface area contributed by atoms with Crippen LogP contribution < -0.4 is 4.72 Å². The molecule has 1 N–H and O–H groups in total. The zero-order valence-corrected chi connectivity index (χ0v) is 14.4. The topological polar surface area (TPSA) is 63.5 Å². The monoisotopic (exact) mass is 405 g/mol. The van der Waals surface area contributed by atoms with Crippen molar-refractivity contribution in [3.05, 3.63) is 50.3 Å². The lowest BCUT2D eigenvalue weighted by molar-refractivity contribution is 0.577. The van der Waals surface area contributed by atoms with Gasteiger partial charge in [-0.1, -0.05) is 17.7 Å². The maximum atomic E-state index is 12.5. The molecule has 3 heterocycles. The molecule has 0 aliphatic rings. The molecule has 3 aromatic heterocycles. The molecule has 0 unspecified atom stereocenters. The first-order valence-corrected chi connectivity index (χ1v) is 9.36. The van der Waals surface area contributed by atoms with Gasteiger partial charge in [-0.2, -0.15) is 0 Å². The van der Waals surface area contributed by atoms with Crippen molar-refractivity contribution in [3.8, 4) is 0 Å². The van der Waals surface area contributed by atoms with Crippen LogP contribution in [0.3, 0.4) is 0 Å². The van der Waals surface area contributed by atoms with Crippen LogP contribution >= 0.6 is 38.9 Å². The third-order valence-corrected chi connectivity index (χ3v) is 6.54. The second kappa shape index (κ2) is 5.69. The summed E-state index contributed by atoms with van der Waals surface area (Å²) in [4.78, 5) is 4.94. The Bertz CT molecular complexity index is 904. The molecule has 3 aromatic rings. The standard InChI is InChI=1S/C12H9BrClN3O2S2/c13-8-4-6-20-9(8)7-15-21(18,19)12-11(14)16-10-3-1-2-5-17(10)12/h1-6,15H,7H2. The Hall–Kier alpha value is -0.930. The molecule has 5 nitrogen and oxygen atoms in total. The van der Waals surface area contributed by atoms with E-state index >= 15 is 0 Å². The highest BCUT2D eigenvalue weighted by atomic mass is 79.9. The van der Waals surface area contributed by atoms with Crippen LogP contribution in [0.1, 0.15) is 4.88 Å². The fourth-order valence-corrected chi connectivity index (χ4v) is 5.02. The summed E-state index contributed by atoms with van der Waals surface area (Å²) in [6.45, 7) is 0.191. The summed E-state index contributed by atoms with van der Waals surface area (Å²) in [5, 5.41) is 1.79. The third kappa shape index (κ3) is 2.86. The van der Waals surface area contributed by atoms with E-state index in [1.165, 1.54) is 15.7 Å². The van der Waals surface area contributed by atoms with Crippen molar-refractivity contribution in [1.82, 2.24) is 14.1 Å². The number of nitrogens with zero attached hydrogens (tertiary/aromatic N) is 2. The van der Waals surface area contributed by atoms with Crippen LogP contribution in [0.2, 0.25) is 5.15 Å². The largest absolute Gasteiger partial charge is 0.288 e. The number of aromatic nitrogens is 2. The lowest BCUT2D eigenvalue weighted by atomic mass is 10.5. The van der Waals surface area contributed by atoms with Crippen LogP contribution in [0.15, 0.2) is 45.3 Å². The van der Waals surface area contributed by atoms with Crippen molar-refractivity contribution in [2.24, 2.45) is 0 Å². The van der Waals surface area contributed by atoms with Gasteiger partial charge in [0.05, 0.1) is 0 Å². The van der Waals surface area contributed by atoms with E-state index in [4.69, 9.17) is 11.6 Å². The van der Waals surface area contributed by atoms with Crippen molar-refractivity contribution in [2.45, 2.75) is 11.6 Å². The Kier molecular flexibility index (Phi) is 4.06. The number of hydrogen-bond acceptors (Lipinski definition) is 4. The van der Waals surface area contributed by atoms with Gasteiger partial charge in [0, 0.05) is 22.1 Å². The molecule has 3 rings (SSSR count). The minimum Gasteiger partial charge on any atom is -0.288 e. The van der Waals surface area contributed by atoms with E-state index in [1.54, 1.807) is 24.4 Å². The number of thiophene rings is 1. The van der Waals surface area contributed by atoms with Gasteiger partial charge in [0.25, 0.3) is 10.0 Å². The van der Waals surface area contributed by atoms with Crippen LogP contribution in [-0.4, -0.2) is 17.8 Å². The summed E-state index contributed by atoms with van der Waals surface area (Å²) in [5.74, 6) is 0. The van der Waals surface area contributed by atoms with E-state index in [-0.39, 0.29) is 16.7 Å². The van der Waals surface area contributed by atoms with E-state index in [0.29, 0.717) is 5.65 Å². The highest BCUT2D eigenvalue weighted by Crippen LogP contribution is 2.25. The molecule has 21 heavy (non-hydrogen) atoms. The number of sulfonamides is 1. The Morgan fingerprint density at radius 3 is 2.90 bits per heavy atom. The molecular formula is C12H9BrClN3O2S2. The van der Waals surface area contributed by atoms with Crippen LogP contribution in [0.25, 0.3) is 5.65 Å². The number of imidazole rings is 1. The van der Waals surface area contributed by atoms with Gasteiger partial charge in [0.15, 0.2) is 10.2 Å². The Labute approximate surface area is 138 Å². The molecule has 0 radical (unpaired) electrons. The summed E-state index contributed by atoms with van der Waals surface area (Å²) in [7, 11) is -3.76. The molecule has 0 aliphatic heterocycles. The van der Waals surface area contributed by atoms with Crippen molar-refractivity contribution in [2.75, 3.05) is 0 Å². The zero-order chi connectivity index (χ0) is 15.0. The first kappa shape index (κ1) is 15.0. The molecule has 0 spiro atoms.